The van der Waals surface area contributed by atoms with Crippen LogP contribution in [0.25, 0.3) is 0 Å². The number of aryl methyl sites for hydroxylation is 1. The molecule has 0 aromatic heterocycles. The molecule has 82 valence electrons. The van der Waals surface area contributed by atoms with Crippen LogP contribution in [0.2, 0.25) is 0 Å². The second kappa shape index (κ2) is 5.91. The Hall–Kier alpha value is -0.830. The van der Waals surface area contributed by atoms with Gasteiger partial charge >= 0.3 is 0 Å². The quantitative estimate of drug-likeness (QED) is 0.837. The molecule has 0 bridgehead atoms. The van der Waals surface area contributed by atoms with Crippen LogP contribution in [0.15, 0.2) is 24.3 Å². The van der Waals surface area contributed by atoms with Crippen LogP contribution < -0.4 is 5.32 Å². The summed E-state index contributed by atoms with van der Waals surface area (Å²) in [6.45, 7) is 4.05. The molecule has 1 amide bonds. The Labute approximate surface area is 99.2 Å². The molecule has 0 unspecified atom stereocenters. The second-order valence-corrected chi connectivity index (χ2v) is 4.44. The van der Waals surface area contributed by atoms with Gasteiger partial charge in [0, 0.05) is 11.8 Å². The summed E-state index contributed by atoms with van der Waals surface area (Å²) in [7, 11) is 0. The highest BCUT2D eigenvalue weighted by atomic mass is 79.9. The molecule has 0 fully saturated rings. The predicted octanol–water partition coefficient (Wildman–Crippen LogP) is 2.96. The normalized spacial score (nSPS) is 12.2. The minimum atomic E-state index is 0.0800. The van der Waals surface area contributed by atoms with Gasteiger partial charge in [0.1, 0.15) is 0 Å². The lowest BCUT2D eigenvalue weighted by Gasteiger charge is -2.14. The summed E-state index contributed by atoms with van der Waals surface area (Å²) >= 11 is 3.25. The Morgan fingerprint density at radius 1 is 1.53 bits per heavy atom. The summed E-state index contributed by atoms with van der Waals surface area (Å²) in [5, 5.41) is 3.66. The highest BCUT2D eigenvalue weighted by Gasteiger charge is 2.08. The molecule has 1 atom stereocenters. The second-order valence-electron chi connectivity index (χ2n) is 3.64. The molecule has 2 nitrogen and oxygen atoms in total. The first kappa shape index (κ1) is 12.2. The van der Waals surface area contributed by atoms with Crippen molar-refractivity contribution in [2.24, 2.45) is 0 Å². The number of amides is 1. The molecule has 1 N–H and O–H groups in total. The first-order valence-electron chi connectivity index (χ1n) is 5.05. The van der Waals surface area contributed by atoms with E-state index in [1.54, 1.807) is 0 Å². The van der Waals surface area contributed by atoms with Gasteiger partial charge in [0.25, 0.3) is 0 Å². The van der Waals surface area contributed by atoms with Gasteiger partial charge in [0.05, 0.1) is 6.04 Å². The third kappa shape index (κ3) is 4.04. The molecule has 15 heavy (non-hydrogen) atoms. The molecular weight excluding hydrogens is 254 g/mol. The van der Waals surface area contributed by atoms with Crippen LogP contribution in [0.5, 0.6) is 0 Å². The van der Waals surface area contributed by atoms with Gasteiger partial charge in [-0.15, -0.1) is 0 Å². The molecule has 1 aromatic carbocycles. The van der Waals surface area contributed by atoms with Crippen LogP contribution >= 0.6 is 15.9 Å². The summed E-state index contributed by atoms with van der Waals surface area (Å²) < 4.78 is 0. The summed E-state index contributed by atoms with van der Waals surface area (Å²) in [5.74, 6) is 0.0841. The summed E-state index contributed by atoms with van der Waals surface area (Å²) in [6, 6.07) is 8.27. The molecule has 0 spiro atoms. The maximum absolute atomic E-state index is 11.4. The van der Waals surface area contributed by atoms with Crippen LogP contribution in [0.4, 0.5) is 0 Å². The van der Waals surface area contributed by atoms with E-state index < -0.39 is 0 Å². The zero-order valence-electron chi connectivity index (χ0n) is 9.09. The van der Waals surface area contributed by atoms with Crippen LogP contribution in [0, 0.1) is 6.92 Å². The molecule has 1 rings (SSSR count). The number of halogens is 1. The van der Waals surface area contributed by atoms with Gasteiger partial charge in [-0.2, -0.15) is 0 Å². The maximum Gasteiger partial charge on any atom is 0.221 e. The maximum atomic E-state index is 11.4. The smallest absolute Gasteiger partial charge is 0.221 e. The fourth-order valence-corrected chi connectivity index (χ4v) is 1.78. The van der Waals surface area contributed by atoms with Gasteiger partial charge in [-0.1, -0.05) is 45.8 Å². The van der Waals surface area contributed by atoms with E-state index in [4.69, 9.17) is 0 Å². The van der Waals surface area contributed by atoms with E-state index in [2.05, 4.69) is 40.3 Å². The van der Waals surface area contributed by atoms with Gasteiger partial charge in [-0.3, -0.25) is 4.79 Å². The number of carbonyl (C=O) groups is 1. The molecule has 1 aromatic rings. The van der Waals surface area contributed by atoms with Gasteiger partial charge in [0.2, 0.25) is 5.91 Å². The third-order valence-electron chi connectivity index (χ3n) is 2.24. The van der Waals surface area contributed by atoms with Crippen molar-refractivity contribution in [3.63, 3.8) is 0 Å². The Morgan fingerprint density at radius 2 is 2.27 bits per heavy atom. The van der Waals surface area contributed by atoms with E-state index in [1.807, 2.05) is 19.1 Å². The summed E-state index contributed by atoms with van der Waals surface area (Å²) in [4.78, 5) is 11.4. The Balaban J connectivity index is 2.60. The fraction of sp³-hybridized carbons (Fsp3) is 0.417. The molecular formula is C12H16BrNO. The number of hydrogen-bond donors (Lipinski definition) is 1. The topological polar surface area (TPSA) is 29.1 Å². The van der Waals surface area contributed by atoms with Gasteiger partial charge in [0.15, 0.2) is 0 Å². The number of carbonyl (C=O) groups excluding carboxylic acids is 1. The fourth-order valence-electron chi connectivity index (χ4n) is 1.42. The minimum absolute atomic E-state index is 0.0800. The molecule has 0 saturated carbocycles. The molecule has 0 radical (unpaired) electrons. The number of alkyl halides is 1. The van der Waals surface area contributed by atoms with Crippen LogP contribution in [0.3, 0.4) is 0 Å². The SMILES string of the molecule is Cc1cccc([C@@H](C)NC(=O)CCBr)c1. The molecule has 3 heteroatoms. The Bertz CT molecular complexity index is 338. The van der Waals surface area contributed by atoms with Crippen LogP contribution in [-0.2, 0) is 4.79 Å². The summed E-state index contributed by atoms with van der Waals surface area (Å²) in [5.41, 5.74) is 2.37. The van der Waals surface area contributed by atoms with Gasteiger partial charge in [-0.05, 0) is 19.4 Å². The van der Waals surface area contributed by atoms with E-state index in [-0.39, 0.29) is 11.9 Å². The van der Waals surface area contributed by atoms with Crippen LogP contribution in [0.1, 0.15) is 30.5 Å². The zero-order valence-corrected chi connectivity index (χ0v) is 10.7. The molecule has 0 saturated heterocycles. The first-order valence-corrected chi connectivity index (χ1v) is 6.17. The van der Waals surface area contributed by atoms with Gasteiger partial charge in [-0.25, -0.2) is 0 Å². The van der Waals surface area contributed by atoms with Crippen molar-refractivity contribution in [2.45, 2.75) is 26.3 Å². The van der Waals surface area contributed by atoms with Crippen molar-refractivity contribution < 1.29 is 4.79 Å². The molecule has 0 heterocycles. The average molecular weight is 270 g/mol. The van der Waals surface area contributed by atoms with E-state index in [9.17, 15) is 4.79 Å². The van der Waals surface area contributed by atoms with Crippen molar-refractivity contribution in [2.75, 3.05) is 5.33 Å². The lowest BCUT2D eigenvalue weighted by atomic mass is 10.1. The Kier molecular flexibility index (Phi) is 4.82. The monoisotopic (exact) mass is 269 g/mol. The first-order chi connectivity index (χ1) is 7.13. The van der Waals surface area contributed by atoms with Crippen LogP contribution in [-0.4, -0.2) is 11.2 Å². The van der Waals surface area contributed by atoms with E-state index >= 15 is 0 Å². The average Bonchev–Trinajstić information content (AvgIpc) is 2.18. The third-order valence-corrected chi connectivity index (χ3v) is 2.64. The molecule has 0 aliphatic heterocycles. The van der Waals surface area contributed by atoms with Crippen molar-refractivity contribution in [1.29, 1.82) is 0 Å². The standard InChI is InChI=1S/C12H16BrNO/c1-9-4-3-5-11(8-9)10(2)14-12(15)6-7-13/h3-5,8,10H,6-7H2,1-2H3,(H,14,15)/t10-/m1/s1. The minimum Gasteiger partial charge on any atom is -0.350 e. The largest absolute Gasteiger partial charge is 0.350 e. The molecule has 0 aliphatic carbocycles. The van der Waals surface area contributed by atoms with Crippen molar-refractivity contribution in [3.8, 4) is 0 Å². The van der Waals surface area contributed by atoms with E-state index in [1.165, 1.54) is 5.56 Å². The Morgan fingerprint density at radius 3 is 2.87 bits per heavy atom. The van der Waals surface area contributed by atoms with Crippen molar-refractivity contribution in [3.05, 3.63) is 35.4 Å². The number of nitrogens with one attached hydrogen (secondary N) is 1. The number of rotatable bonds is 4. The zero-order chi connectivity index (χ0) is 11.3. The van der Waals surface area contributed by atoms with Crippen molar-refractivity contribution >= 4 is 21.8 Å². The van der Waals surface area contributed by atoms with Crippen molar-refractivity contribution in [1.82, 2.24) is 5.32 Å². The lowest BCUT2D eigenvalue weighted by molar-refractivity contribution is -0.121. The van der Waals surface area contributed by atoms with E-state index in [0.717, 1.165) is 5.56 Å². The highest BCUT2D eigenvalue weighted by molar-refractivity contribution is 9.09. The number of hydrogen-bond acceptors (Lipinski definition) is 1. The van der Waals surface area contributed by atoms with E-state index in [0.29, 0.717) is 11.8 Å². The lowest BCUT2D eigenvalue weighted by Crippen LogP contribution is -2.26. The van der Waals surface area contributed by atoms with Gasteiger partial charge < -0.3 is 5.32 Å². The highest BCUT2D eigenvalue weighted by Crippen LogP contribution is 2.13. The molecule has 0 aliphatic rings. The number of benzene rings is 1. The predicted molar refractivity (Wildman–Crippen MR) is 66.1 cm³/mol. The summed E-state index contributed by atoms with van der Waals surface area (Å²) in [6.07, 6.45) is 0.524.